The molecule has 0 amide bonds. The summed E-state index contributed by atoms with van der Waals surface area (Å²) in [6, 6.07) is 0. The highest BCUT2D eigenvalue weighted by molar-refractivity contribution is 5.32. The van der Waals surface area contributed by atoms with Gasteiger partial charge in [-0.3, -0.25) is 0 Å². The van der Waals surface area contributed by atoms with Crippen molar-refractivity contribution in [3.63, 3.8) is 0 Å². The summed E-state index contributed by atoms with van der Waals surface area (Å²) in [4.78, 5) is 0. The van der Waals surface area contributed by atoms with Crippen LogP contribution in [-0.4, -0.2) is 32.6 Å². The van der Waals surface area contributed by atoms with Gasteiger partial charge in [0.1, 0.15) is 35.2 Å². The van der Waals surface area contributed by atoms with Crippen LogP contribution in [0.15, 0.2) is 47.3 Å². The Morgan fingerprint density at radius 2 is 1.10 bits per heavy atom. The minimum absolute atomic E-state index is 0.0680. The molecular weight excluding hydrogens is 272 g/mol. The monoisotopic (exact) mass is 294 g/mol. The summed E-state index contributed by atoms with van der Waals surface area (Å²) in [6.45, 7) is 6.78. The highest BCUT2D eigenvalue weighted by atomic mass is 16.5. The van der Waals surface area contributed by atoms with Crippen LogP contribution in [0.1, 0.15) is 27.7 Å². The summed E-state index contributed by atoms with van der Waals surface area (Å²) >= 11 is 0. The van der Waals surface area contributed by atoms with Gasteiger partial charge in [-0.15, -0.1) is 0 Å². The molecule has 2 atom stereocenters. The van der Waals surface area contributed by atoms with E-state index in [4.69, 9.17) is 4.74 Å². The Hall–Kier alpha value is -1.72. The van der Waals surface area contributed by atoms with E-state index in [-0.39, 0.29) is 23.0 Å². The van der Waals surface area contributed by atoms with E-state index in [1.807, 2.05) is 0 Å². The summed E-state index contributed by atoms with van der Waals surface area (Å²) in [5.41, 5.74) is -1.73. The lowest BCUT2D eigenvalue weighted by atomic mass is 9.79. The third kappa shape index (κ3) is 2.47. The average Bonchev–Trinajstić information content (AvgIpc) is 2.41. The number of hydrogen-bond donors (Lipinski definition) is 4. The normalized spacial score (nSPS) is 30.8. The van der Waals surface area contributed by atoms with Crippen molar-refractivity contribution in [2.45, 2.75) is 39.9 Å². The van der Waals surface area contributed by atoms with Crippen LogP contribution < -0.4 is 0 Å². The zero-order valence-electron chi connectivity index (χ0n) is 12.7. The van der Waals surface area contributed by atoms with Gasteiger partial charge in [0.25, 0.3) is 0 Å². The first-order valence-corrected chi connectivity index (χ1v) is 6.85. The van der Waals surface area contributed by atoms with Gasteiger partial charge in [-0.2, -0.15) is 0 Å². The Labute approximate surface area is 124 Å². The van der Waals surface area contributed by atoms with Gasteiger partial charge in [0.05, 0.1) is 10.8 Å². The molecule has 0 aliphatic heterocycles. The Morgan fingerprint density at radius 1 is 0.762 bits per heavy atom. The van der Waals surface area contributed by atoms with E-state index in [2.05, 4.69) is 0 Å². The van der Waals surface area contributed by atoms with E-state index in [0.717, 1.165) is 0 Å². The van der Waals surface area contributed by atoms with E-state index in [9.17, 15) is 20.4 Å². The fourth-order valence-corrected chi connectivity index (χ4v) is 2.24. The largest absolute Gasteiger partial charge is 0.512 e. The van der Waals surface area contributed by atoms with Crippen molar-refractivity contribution in [2.24, 2.45) is 10.8 Å². The van der Waals surface area contributed by atoms with Crippen molar-refractivity contribution in [1.29, 1.82) is 0 Å². The Kier molecular flexibility index (Phi) is 3.68. The second-order valence-electron chi connectivity index (χ2n) is 6.59. The van der Waals surface area contributed by atoms with Gasteiger partial charge in [0.2, 0.25) is 0 Å². The fraction of sp³-hybridized carbons (Fsp3) is 0.500. The van der Waals surface area contributed by atoms with Crippen LogP contribution >= 0.6 is 0 Å². The van der Waals surface area contributed by atoms with Gasteiger partial charge in [-0.05, 0) is 52.0 Å². The van der Waals surface area contributed by atoms with Crippen LogP contribution in [0.5, 0.6) is 0 Å². The quantitative estimate of drug-likeness (QED) is 0.628. The first-order valence-electron chi connectivity index (χ1n) is 6.85. The highest BCUT2D eigenvalue weighted by Crippen LogP contribution is 2.40. The van der Waals surface area contributed by atoms with E-state index in [1.54, 1.807) is 27.7 Å². The van der Waals surface area contributed by atoms with Crippen molar-refractivity contribution in [3.8, 4) is 0 Å². The third-order valence-corrected chi connectivity index (χ3v) is 4.27. The molecule has 0 fully saturated rings. The Balaban J connectivity index is 2.28. The highest BCUT2D eigenvalue weighted by Gasteiger charge is 2.42. The van der Waals surface area contributed by atoms with E-state index >= 15 is 0 Å². The van der Waals surface area contributed by atoms with Crippen LogP contribution in [0.25, 0.3) is 0 Å². The van der Waals surface area contributed by atoms with E-state index in [1.165, 1.54) is 24.3 Å². The van der Waals surface area contributed by atoms with Gasteiger partial charge >= 0.3 is 0 Å². The summed E-state index contributed by atoms with van der Waals surface area (Å²) in [5, 5.41) is 40.2. The predicted octanol–water partition coefficient (Wildman–Crippen LogP) is 2.46. The maximum Gasteiger partial charge on any atom is 0.133 e. The number of hydrogen-bond acceptors (Lipinski definition) is 5. The van der Waals surface area contributed by atoms with E-state index in [0.29, 0.717) is 0 Å². The van der Waals surface area contributed by atoms with Gasteiger partial charge < -0.3 is 25.2 Å². The first kappa shape index (κ1) is 15.7. The third-order valence-electron chi connectivity index (χ3n) is 4.27. The Morgan fingerprint density at radius 3 is 1.43 bits per heavy atom. The molecule has 0 saturated carbocycles. The molecule has 4 N–H and O–H groups in total. The molecule has 0 radical (unpaired) electrons. The molecule has 0 aromatic rings. The van der Waals surface area contributed by atoms with Crippen LogP contribution in [0.3, 0.4) is 0 Å². The zero-order valence-corrected chi connectivity index (χ0v) is 12.7. The predicted molar refractivity (Wildman–Crippen MR) is 78.3 cm³/mol. The lowest BCUT2D eigenvalue weighted by molar-refractivity contribution is -0.00357. The van der Waals surface area contributed by atoms with Crippen molar-refractivity contribution in [3.05, 3.63) is 47.3 Å². The van der Waals surface area contributed by atoms with Crippen molar-refractivity contribution in [1.82, 2.24) is 0 Å². The van der Waals surface area contributed by atoms with Crippen molar-refractivity contribution in [2.75, 3.05) is 0 Å². The smallest absolute Gasteiger partial charge is 0.133 e. The molecule has 116 valence electrons. The average molecular weight is 294 g/mol. The topological polar surface area (TPSA) is 90.2 Å². The number of aliphatic hydroxyl groups is 4. The number of rotatable bonds is 2. The van der Waals surface area contributed by atoms with Crippen LogP contribution in [-0.2, 0) is 4.74 Å². The van der Waals surface area contributed by atoms with Gasteiger partial charge in [0.15, 0.2) is 0 Å². The van der Waals surface area contributed by atoms with Crippen molar-refractivity contribution >= 4 is 0 Å². The number of ether oxygens (including phenoxy) is 1. The lowest BCUT2D eigenvalue weighted by Crippen LogP contribution is -2.39. The second kappa shape index (κ2) is 4.93. The second-order valence-corrected chi connectivity index (χ2v) is 6.59. The molecule has 2 unspecified atom stereocenters. The number of aliphatic hydroxyl groups excluding tert-OH is 4. The molecule has 2 aliphatic rings. The standard InChI is InChI=1S/C16H22O5/c1-15(2)11(17)7-5-9(13(15)19)21-10-6-8-12(18)16(3,4)14(10)20/h5-8,13-14,17-20H,1-4H3. The molecular formula is C16H22O5. The van der Waals surface area contributed by atoms with Crippen molar-refractivity contribution < 1.29 is 25.2 Å². The SMILES string of the molecule is CC1(C)C(O)=CC=C(OC2=CC=C(O)C(C)(C)C2O)C1O. The first-order chi connectivity index (χ1) is 9.58. The maximum atomic E-state index is 10.3. The molecule has 5 nitrogen and oxygen atoms in total. The molecule has 2 rings (SSSR count). The summed E-state index contributed by atoms with van der Waals surface area (Å²) in [6.07, 6.45) is 3.83. The van der Waals surface area contributed by atoms with Gasteiger partial charge in [-0.25, -0.2) is 0 Å². The molecule has 21 heavy (non-hydrogen) atoms. The van der Waals surface area contributed by atoms with Gasteiger partial charge in [-0.1, -0.05) is 0 Å². The molecule has 0 heterocycles. The lowest BCUT2D eigenvalue weighted by Gasteiger charge is -2.37. The van der Waals surface area contributed by atoms with Gasteiger partial charge in [0, 0.05) is 0 Å². The summed E-state index contributed by atoms with van der Waals surface area (Å²) in [5.74, 6) is 0.624. The zero-order chi connectivity index (χ0) is 16.0. The summed E-state index contributed by atoms with van der Waals surface area (Å²) in [7, 11) is 0. The Bertz CT molecular complexity index is 513. The molecule has 0 saturated heterocycles. The molecule has 5 heteroatoms. The number of allylic oxidation sites excluding steroid dienone is 4. The summed E-state index contributed by atoms with van der Waals surface area (Å²) < 4.78 is 5.64. The molecule has 0 bridgehead atoms. The minimum atomic E-state index is -1.03. The maximum absolute atomic E-state index is 10.3. The van der Waals surface area contributed by atoms with Crippen LogP contribution in [0.4, 0.5) is 0 Å². The minimum Gasteiger partial charge on any atom is -0.512 e. The van der Waals surface area contributed by atoms with E-state index < -0.39 is 23.0 Å². The molecule has 0 aromatic carbocycles. The fourth-order valence-electron chi connectivity index (χ4n) is 2.24. The van der Waals surface area contributed by atoms with Crippen LogP contribution in [0.2, 0.25) is 0 Å². The molecule has 0 aromatic heterocycles. The van der Waals surface area contributed by atoms with Crippen LogP contribution in [0, 0.1) is 10.8 Å². The molecule has 2 aliphatic carbocycles. The molecule has 0 spiro atoms.